The molecule has 7 nitrogen and oxygen atoms in total. The zero-order chi connectivity index (χ0) is 20.1. The van der Waals surface area contributed by atoms with Crippen molar-refractivity contribution in [1.29, 1.82) is 0 Å². The quantitative estimate of drug-likeness (QED) is 0.462. The number of para-hydroxylation sites is 1. The van der Waals surface area contributed by atoms with E-state index >= 15 is 0 Å². The highest BCUT2D eigenvalue weighted by atomic mass is 32.2. The number of nitrogens with zero attached hydrogens (tertiary/aromatic N) is 3. The number of ether oxygens (including phenoxy) is 1. The van der Waals surface area contributed by atoms with Gasteiger partial charge in [0.1, 0.15) is 5.75 Å². The molecule has 3 N–H and O–H groups in total. The molecular formula is C18H17F2N5O2S. The van der Waals surface area contributed by atoms with Crippen LogP contribution in [0.25, 0.3) is 11.4 Å². The minimum Gasteiger partial charge on any atom is -0.435 e. The molecule has 1 heterocycles. The number of anilines is 1. The Morgan fingerprint density at radius 2 is 1.82 bits per heavy atom. The Balaban J connectivity index is 1.68. The molecule has 0 unspecified atom stereocenters. The second-order valence-corrected chi connectivity index (χ2v) is 7.00. The number of benzene rings is 2. The monoisotopic (exact) mass is 405 g/mol. The molecule has 3 aromatic rings. The van der Waals surface area contributed by atoms with Gasteiger partial charge < -0.3 is 15.9 Å². The molecule has 0 aliphatic heterocycles. The van der Waals surface area contributed by atoms with Crippen LogP contribution in [0, 0.1) is 0 Å². The number of hydrogen-bond acceptors (Lipinski definition) is 6. The summed E-state index contributed by atoms with van der Waals surface area (Å²) in [6.45, 7) is -1.16. The third kappa shape index (κ3) is 4.77. The maximum absolute atomic E-state index is 12.3. The first kappa shape index (κ1) is 19.6. The van der Waals surface area contributed by atoms with Gasteiger partial charge in [-0.3, -0.25) is 4.79 Å². The van der Waals surface area contributed by atoms with E-state index in [0.29, 0.717) is 22.2 Å². The van der Waals surface area contributed by atoms with Crippen LogP contribution in [-0.2, 0) is 4.79 Å². The highest BCUT2D eigenvalue weighted by molar-refractivity contribution is 8.00. The molecular weight excluding hydrogens is 388 g/mol. The maximum atomic E-state index is 12.3. The molecule has 28 heavy (non-hydrogen) atoms. The zero-order valence-corrected chi connectivity index (χ0v) is 15.6. The first-order chi connectivity index (χ1) is 13.4. The fourth-order valence-electron chi connectivity index (χ4n) is 2.32. The summed E-state index contributed by atoms with van der Waals surface area (Å²) in [5.41, 5.74) is 1.27. The van der Waals surface area contributed by atoms with Crippen molar-refractivity contribution >= 4 is 23.4 Å². The van der Waals surface area contributed by atoms with Crippen molar-refractivity contribution in [3.05, 3.63) is 54.6 Å². The summed E-state index contributed by atoms with van der Waals surface area (Å²) in [5, 5.41) is 10.7. The van der Waals surface area contributed by atoms with Gasteiger partial charge in [-0.25, -0.2) is 4.68 Å². The average Bonchev–Trinajstić information content (AvgIpc) is 3.03. The number of nitrogen functional groups attached to an aromatic ring is 1. The molecule has 0 radical (unpaired) electrons. The Bertz CT molecular complexity index is 935. The van der Waals surface area contributed by atoms with Gasteiger partial charge >= 0.3 is 6.61 Å². The van der Waals surface area contributed by atoms with E-state index in [1.54, 1.807) is 31.2 Å². The van der Waals surface area contributed by atoms with Crippen molar-refractivity contribution in [1.82, 2.24) is 14.9 Å². The summed E-state index contributed by atoms with van der Waals surface area (Å²) in [5.74, 6) is 6.21. The van der Waals surface area contributed by atoms with E-state index in [2.05, 4.69) is 20.3 Å². The third-order valence-corrected chi connectivity index (χ3v) is 4.75. The first-order valence-electron chi connectivity index (χ1n) is 8.22. The van der Waals surface area contributed by atoms with Crippen molar-refractivity contribution in [3.8, 4) is 17.1 Å². The molecule has 1 amide bonds. The van der Waals surface area contributed by atoms with E-state index in [1.165, 1.54) is 16.8 Å². The molecule has 2 aromatic carbocycles. The Labute approximate surface area is 163 Å². The number of thioether (sulfide) groups is 1. The molecule has 3 rings (SSSR count). The van der Waals surface area contributed by atoms with E-state index < -0.39 is 11.9 Å². The Hall–Kier alpha value is -3.14. The van der Waals surface area contributed by atoms with Gasteiger partial charge in [-0.05, 0) is 43.3 Å². The van der Waals surface area contributed by atoms with Crippen LogP contribution >= 0.6 is 11.8 Å². The molecule has 1 aromatic heterocycles. The molecule has 10 heteroatoms. The fraction of sp³-hybridized carbons (Fsp3) is 0.167. The lowest BCUT2D eigenvalue weighted by Gasteiger charge is -2.11. The smallest absolute Gasteiger partial charge is 0.387 e. The predicted molar refractivity (Wildman–Crippen MR) is 103 cm³/mol. The van der Waals surface area contributed by atoms with E-state index in [9.17, 15) is 13.6 Å². The van der Waals surface area contributed by atoms with Gasteiger partial charge in [0.2, 0.25) is 11.1 Å². The summed E-state index contributed by atoms with van der Waals surface area (Å²) >= 11 is 1.15. The summed E-state index contributed by atoms with van der Waals surface area (Å²) in [6, 6.07) is 15.0. The molecule has 0 aliphatic rings. The average molecular weight is 405 g/mol. The number of nitrogens with one attached hydrogen (secondary N) is 1. The van der Waals surface area contributed by atoms with Gasteiger partial charge in [0.05, 0.1) is 5.25 Å². The number of rotatable bonds is 7. The topological polar surface area (TPSA) is 95.1 Å². The van der Waals surface area contributed by atoms with Gasteiger partial charge in [0.25, 0.3) is 0 Å². The van der Waals surface area contributed by atoms with Crippen LogP contribution in [0.2, 0.25) is 0 Å². The molecule has 0 saturated heterocycles. The van der Waals surface area contributed by atoms with Crippen LogP contribution in [0.4, 0.5) is 14.5 Å². The Kier molecular flexibility index (Phi) is 6.09. The van der Waals surface area contributed by atoms with Crippen molar-refractivity contribution in [3.63, 3.8) is 0 Å². The number of hydrogen-bond donors (Lipinski definition) is 2. The van der Waals surface area contributed by atoms with E-state index in [0.717, 1.165) is 11.8 Å². The SMILES string of the molecule is C[C@H](Sc1nnc(-c2ccc(OC(F)F)cc2)n1N)C(=O)Nc1ccccc1. The summed E-state index contributed by atoms with van der Waals surface area (Å²) < 4.78 is 30.0. The Morgan fingerprint density at radius 1 is 1.14 bits per heavy atom. The van der Waals surface area contributed by atoms with Crippen molar-refractivity contribution < 1.29 is 18.3 Å². The predicted octanol–water partition coefficient (Wildman–Crippen LogP) is 3.38. The normalized spacial score (nSPS) is 12.0. The van der Waals surface area contributed by atoms with Crippen LogP contribution in [0.1, 0.15) is 6.92 Å². The summed E-state index contributed by atoms with van der Waals surface area (Å²) in [4.78, 5) is 12.3. The molecule has 0 saturated carbocycles. The largest absolute Gasteiger partial charge is 0.435 e. The minimum absolute atomic E-state index is 0.0302. The standard InChI is InChI=1S/C18H17F2N5O2S/c1-11(16(26)22-13-5-3-2-4-6-13)28-18-24-23-15(25(18)21)12-7-9-14(10-8-12)27-17(19)20/h2-11,17H,21H2,1H3,(H,22,26)/t11-/m0/s1. The van der Waals surface area contributed by atoms with Gasteiger partial charge in [0.15, 0.2) is 5.82 Å². The lowest BCUT2D eigenvalue weighted by Crippen LogP contribution is -2.23. The van der Waals surface area contributed by atoms with Gasteiger partial charge in [-0.1, -0.05) is 30.0 Å². The minimum atomic E-state index is -2.89. The van der Waals surface area contributed by atoms with Crippen LogP contribution in [0.5, 0.6) is 5.75 Å². The number of nitrogens with two attached hydrogens (primary N) is 1. The number of amides is 1. The van der Waals surface area contributed by atoms with Crippen molar-refractivity contribution in [2.75, 3.05) is 11.2 Å². The van der Waals surface area contributed by atoms with E-state index in [1.807, 2.05) is 18.2 Å². The molecule has 0 bridgehead atoms. The van der Waals surface area contributed by atoms with Crippen molar-refractivity contribution in [2.45, 2.75) is 23.9 Å². The first-order valence-corrected chi connectivity index (χ1v) is 9.10. The van der Waals surface area contributed by atoms with Crippen LogP contribution < -0.4 is 15.9 Å². The number of carbonyl (C=O) groups is 1. The highest BCUT2D eigenvalue weighted by Gasteiger charge is 2.20. The van der Waals surface area contributed by atoms with Crippen molar-refractivity contribution in [2.24, 2.45) is 0 Å². The van der Waals surface area contributed by atoms with Crippen LogP contribution in [0.15, 0.2) is 59.8 Å². The molecule has 1 atom stereocenters. The highest BCUT2D eigenvalue weighted by Crippen LogP contribution is 2.26. The maximum Gasteiger partial charge on any atom is 0.387 e. The zero-order valence-electron chi connectivity index (χ0n) is 14.8. The molecule has 146 valence electrons. The fourth-order valence-corrected chi connectivity index (χ4v) is 3.09. The summed E-state index contributed by atoms with van der Waals surface area (Å²) in [6.07, 6.45) is 0. The van der Waals surface area contributed by atoms with Gasteiger partial charge in [-0.15, -0.1) is 10.2 Å². The number of alkyl halides is 2. The molecule has 0 fully saturated rings. The lowest BCUT2D eigenvalue weighted by molar-refractivity contribution is -0.115. The van der Waals surface area contributed by atoms with E-state index in [-0.39, 0.29) is 11.7 Å². The Morgan fingerprint density at radius 3 is 2.46 bits per heavy atom. The third-order valence-electron chi connectivity index (χ3n) is 3.69. The second-order valence-electron chi connectivity index (χ2n) is 5.69. The van der Waals surface area contributed by atoms with Crippen LogP contribution in [-0.4, -0.2) is 32.6 Å². The number of carbonyl (C=O) groups excluding carboxylic acids is 1. The number of aromatic nitrogens is 3. The molecule has 0 aliphatic carbocycles. The van der Waals surface area contributed by atoms with Crippen LogP contribution in [0.3, 0.4) is 0 Å². The summed E-state index contributed by atoms with van der Waals surface area (Å²) in [7, 11) is 0. The number of halogens is 2. The van der Waals surface area contributed by atoms with Gasteiger partial charge in [-0.2, -0.15) is 8.78 Å². The van der Waals surface area contributed by atoms with E-state index in [4.69, 9.17) is 5.84 Å². The second kappa shape index (κ2) is 8.70. The van der Waals surface area contributed by atoms with Gasteiger partial charge in [0, 0.05) is 11.3 Å². The lowest BCUT2D eigenvalue weighted by atomic mass is 10.2. The molecule has 0 spiro atoms.